The van der Waals surface area contributed by atoms with E-state index in [-0.39, 0.29) is 0 Å². The third kappa shape index (κ3) is 2.40. The van der Waals surface area contributed by atoms with E-state index in [9.17, 15) is 0 Å². The van der Waals surface area contributed by atoms with Crippen LogP contribution in [-0.2, 0) is 6.42 Å². The van der Waals surface area contributed by atoms with Gasteiger partial charge in [0.1, 0.15) is 13.6 Å². The van der Waals surface area contributed by atoms with Crippen molar-refractivity contribution in [3.05, 3.63) is 59.2 Å². The lowest BCUT2D eigenvalue weighted by Gasteiger charge is -2.19. The molecule has 0 atom stereocenters. The van der Waals surface area contributed by atoms with Gasteiger partial charge in [-0.05, 0) is 29.8 Å². The summed E-state index contributed by atoms with van der Waals surface area (Å²) >= 11 is 0. The second kappa shape index (κ2) is 5.60. The van der Waals surface area contributed by atoms with Crippen LogP contribution in [0.1, 0.15) is 16.7 Å². The Balaban J connectivity index is 2.20. The van der Waals surface area contributed by atoms with Crippen molar-refractivity contribution in [2.45, 2.75) is 6.42 Å². The summed E-state index contributed by atoms with van der Waals surface area (Å²) in [5.74, 6) is 1.58. The second-order valence-corrected chi connectivity index (χ2v) is 5.25. The topological polar surface area (TPSA) is 21.5 Å². The van der Waals surface area contributed by atoms with Crippen molar-refractivity contribution in [3.63, 3.8) is 0 Å². The number of fused-ring (bicyclic) bond motifs is 1. The summed E-state index contributed by atoms with van der Waals surface area (Å²) < 4.78 is 13.2. The molecule has 3 heteroatoms. The fourth-order valence-corrected chi connectivity index (χ4v) is 2.93. The Kier molecular flexibility index (Phi) is 3.65. The van der Waals surface area contributed by atoms with Gasteiger partial charge < -0.3 is 9.47 Å². The Morgan fingerprint density at radius 2 is 1.62 bits per heavy atom. The molecule has 0 aromatic heterocycles. The van der Waals surface area contributed by atoms with Gasteiger partial charge in [0.25, 0.3) is 0 Å². The SMILES string of the molecule is COc1cc2c(cc1OC)C(c1ccccc1)=[N+](C)CC2. The van der Waals surface area contributed by atoms with Crippen LogP contribution in [0.25, 0.3) is 0 Å². The highest BCUT2D eigenvalue weighted by atomic mass is 16.5. The molecule has 21 heavy (non-hydrogen) atoms. The number of likely N-dealkylation sites (N-methyl/N-ethyl adjacent to an activating group) is 1. The standard InChI is InChI=1S/C18H20NO2/c1-19-10-9-14-11-16(20-2)17(21-3)12-15(14)18(19)13-7-5-4-6-8-13/h4-8,11-12H,9-10H2,1-3H3/q+1. The summed E-state index contributed by atoms with van der Waals surface area (Å²) in [6.07, 6.45) is 1.02. The van der Waals surface area contributed by atoms with Crippen LogP contribution < -0.4 is 9.47 Å². The molecule has 0 bridgehead atoms. The summed E-state index contributed by atoms with van der Waals surface area (Å²) in [7, 11) is 5.50. The van der Waals surface area contributed by atoms with Crippen molar-refractivity contribution in [1.82, 2.24) is 0 Å². The lowest BCUT2D eigenvalue weighted by Crippen LogP contribution is -2.28. The second-order valence-electron chi connectivity index (χ2n) is 5.25. The van der Waals surface area contributed by atoms with Crippen LogP contribution in [0.15, 0.2) is 42.5 Å². The van der Waals surface area contributed by atoms with E-state index in [0.29, 0.717) is 0 Å². The van der Waals surface area contributed by atoms with Crippen molar-refractivity contribution in [2.75, 3.05) is 27.8 Å². The maximum atomic E-state index is 5.46. The highest BCUT2D eigenvalue weighted by Crippen LogP contribution is 2.33. The van der Waals surface area contributed by atoms with Gasteiger partial charge in [-0.25, -0.2) is 4.58 Å². The lowest BCUT2D eigenvalue weighted by atomic mass is 9.92. The van der Waals surface area contributed by atoms with E-state index >= 15 is 0 Å². The fourth-order valence-electron chi connectivity index (χ4n) is 2.93. The number of hydrogen-bond donors (Lipinski definition) is 0. The van der Waals surface area contributed by atoms with Crippen LogP contribution in [0.2, 0.25) is 0 Å². The molecule has 3 nitrogen and oxygen atoms in total. The van der Waals surface area contributed by atoms with Crippen molar-refractivity contribution < 1.29 is 14.0 Å². The molecule has 0 saturated heterocycles. The van der Waals surface area contributed by atoms with Crippen LogP contribution in [-0.4, -0.2) is 38.1 Å². The number of nitrogens with zero attached hydrogens (tertiary/aromatic N) is 1. The fraction of sp³-hybridized carbons (Fsp3) is 0.278. The van der Waals surface area contributed by atoms with Crippen LogP contribution in [0.4, 0.5) is 0 Å². The minimum absolute atomic E-state index is 0.778. The number of benzene rings is 2. The highest BCUT2D eigenvalue weighted by Gasteiger charge is 2.26. The lowest BCUT2D eigenvalue weighted by molar-refractivity contribution is -0.497. The number of ether oxygens (including phenoxy) is 2. The minimum atomic E-state index is 0.778. The van der Waals surface area contributed by atoms with Crippen molar-refractivity contribution in [2.24, 2.45) is 0 Å². The van der Waals surface area contributed by atoms with E-state index in [0.717, 1.165) is 24.5 Å². The zero-order valence-corrected chi connectivity index (χ0v) is 12.7. The molecular weight excluding hydrogens is 262 g/mol. The van der Waals surface area contributed by atoms with Gasteiger partial charge in [-0.2, -0.15) is 0 Å². The maximum Gasteiger partial charge on any atom is 0.214 e. The molecule has 1 aliphatic rings. The Morgan fingerprint density at radius 1 is 0.952 bits per heavy atom. The van der Waals surface area contributed by atoms with E-state index < -0.39 is 0 Å². The molecular formula is C18H20NO2+. The Morgan fingerprint density at radius 3 is 2.29 bits per heavy atom. The molecule has 0 radical (unpaired) electrons. The van der Waals surface area contributed by atoms with Gasteiger partial charge in [-0.1, -0.05) is 18.2 Å². The first-order valence-electron chi connectivity index (χ1n) is 7.13. The van der Waals surface area contributed by atoms with Crippen LogP contribution in [0, 0.1) is 0 Å². The first kappa shape index (κ1) is 13.7. The van der Waals surface area contributed by atoms with Crippen molar-refractivity contribution in [3.8, 4) is 11.5 Å². The molecule has 1 aliphatic heterocycles. The van der Waals surface area contributed by atoms with Gasteiger partial charge in [0.05, 0.1) is 19.8 Å². The van der Waals surface area contributed by atoms with E-state index in [4.69, 9.17) is 9.47 Å². The minimum Gasteiger partial charge on any atom is -0.493 e. The van der Waals surface area contributed by atoms with Crippen molar-refractivity contribution >= 4 is 5.71 Å². The van der Waals surface area contributed by atoms with E-state index in [1.165, 1.54) is 22.4 Å². The van der Waals surface area contributed by atoms with Gasteiger partial charge in [-0.15, -0.1) is 0 Å². The molecule has 108 valence electrons. The predicted molar refractivity (Wildman–Crippen MR) is 84.0 cm³/mol. The molecule has 0 spiro atoms. The molecule has 0 amide bonds. The van der Waals surface area contributed by atoms with Gasteiger partial charge >= 0.3 is 0 Å². The third-order valence-electron chi connectivity index (χ3n) is 4.01. The van der Waals surface area contributed by atoms with Gasteiger partial charge in [0, 0.05) is 12.0 Å². The molecule has 2 aromatic rings. The molecule has 3 rings (SSSR count). The molecule has 0 unspecified atom stereocenters. The zero-order chi connectivity index (χ0) is 14.8. The normalized spacial score (nSPS) is 13.9. The summed E-state index contributed by atoms with van der Waals surface area (Å²) in [4.78, 5) is 0. The predicted octanol–water partition coefficient (Wildman–Crippen LogP) is 2.74. The smallest absolute Gasteiger partial charge is 0.214 e. The quantitative estimate of drug-likeness (QED) is 0.807. The molecule has 0 saturated carbocycles. The van der Waals surface area contributed by atoms with E-state index in [2.05, 4.69) is 48.0 Å². The van der Waals surface area contributed by atoms with Crippen LogP contribution >= 0.6 is 0 Å². The number of hydrogen-bond acceptors (Lipinski definition) is 2. The van der Waals surface area contributed by atoms with Crippen LogP contribution in [0.5, 0.6) is 11.5 Å². The summed E-state index contributed by atoms with van der Waals surface area (Å²) in [6.45, 7) is 1.01. The monoisotopic (exact) mass is 282 g/mol. The molecule has 0 fully saturated rings. The largest absolute Gasteiger partial charge is 0.493 e. The molecule has 1 heterocycles. The number of rotatable bonds is 3. The average Bonchev–Trinajstić information content (AvgIpc) is 2.54. The third-order valence-corrected chi connectivity index (χ3v) is 4.01. The van der Waals surface area contributed by atoms with Crippen LogP contribution in [0.3, 0.4) is 0 Å². The first-order chi connectivity index (χ1) is 10.2. The van der Waals surface area contributed by atoms with Gasteiger partial charge in [0.15, 0.2) is 11.5 Å². The Labute approximate surface area is 125 Å². The molecule has 0 aliphatic carbocycles. The highest BCUT2D eigenvalue weighted by molar-refractivity contribution is 6.11. The van der Waals surface area contributed by atoms with E-state index in [1.54, 1.807) is 14.2 Å². The summed E-state index contributed by atoms with van der Waals surface area (Å²) in [6, 6.07) is 14.7. The molecule has 0 N–H and O–H groups in total. The number of methoxy groups -OCH3 is 2. The van der Waals surface area contributed by atoms with Gasteiger partial charge in [-0.3, -0.25) is 0 Å². The zero-order valence-electron chi connectivity index (χ0n) is 12.7. The Bertz CT molecular complexity index is 690. The molecule has 2 aromatic carbocycles. The summed E-state index contributed by atoms with van der Waals surface area (Å²) in [5, 5.41) is 0. The Hall–Kier alpha value is -2.29. The first-order valence-corrected chi connectivity index (χ1v) is 7.13. The van der Waals surface area contributed by atoms with Gasteiger partial charge in [0.2, 0.25) is 5.71 Å². The maximum absolute atomic E-state index is 5.46. The summed E-state index contributed by atoms with van der Waals surface area (Å²) in [5.41, 5.74) is 5.02. The van der Waals surface area contributed by atoms with Crippen molar-refractivity contribution in [1.29, 1.82) is 0 Å². The van der Waals surface area contributed by atoms with E-state index in [1.807, 2.05) is 6.07 Å². The average molecular weight is 282 g/mol.